The fourth-order valence-electron chi connectivity index (χ4n) is 1.42. The average Bonchev–Trinajstić information content (AvgIpc) is 2.29. The van der Waals surface area contributed by atoms with E-state index in [4.69, 9.17) is 4.74 Å². The molecule has 5 heteroatoms. The molecular weight excluding hydrogens is 224 g/mol. The van der Waals surface area contributed by atoms with Gasteiger partial charge in [0.1, 0.15) is 0 Å². The molecule has 0 spiro atoms. The summed E-state index contributed by atoms with van der Waals surface area (Å²) in [6.07, 6.45) is 0. The Morgan fingerprint density at radius 2 is 2.44 bits per heavy atom. The summed E-state index contributed by atoms with van der Waals surface area (Å²) in [5.74, 6) is 2.62. The van der Waals surface area contributed by atoms with E-state index in [0.717, 1.165) is 24.7 Å². The summed E-state index contributed by atoms with van der Waals surface area (Å²) >= 11 is 1.82. The maximum atomic E-state index is 11.7. The molecule has 16 heavy (non-hydrogen) atoms. The quantitative estimate of drug-likeness (QED) is 0.669. The van der Waals surface area contributed by atoms with E-state index in [2.05, 4.69) is 24.5 Å². The highest BCUT2D eigenvalue weighted by atomic mass is 32.2. The first-order valence-electron chi connectivity index (χ1n) is 5.86. The summed E-state index contributed by atoms with van der Waals surface area (Å²) in [6.45, 7) is 7.11. The van der Waals surface area contributed by atoms with Crippen LogP contribution in [0.2, 0.25) is 0 Å². The SMILES string of the molecule is CC(C)COCCNC(=O)C1CSCCN1. The number of hydrogen-bond acceptors (Lipinski definition) is 4. The minimum absolute atomic E-state index is 0.0242. The Balaban J connectivity index is 2.01. The number of hydrogen-bond donors (Lipinski definition) is 2. The van der Waals surface area contributed by atoms with E-state index in [0.29, 0.717) is 19.1 Å². The van der Waals surface area contributed by atoms with Crippen LogP contribution in [0.1, 0.15) is 13.8 Å². The number of nitrogens with one attached hydrogen (secondary N) is 2. The summed E-state index contributed by atoms with van der Waals surface area (Å²) in [5, 5.41) is 6.09. The van der Waals surface area contributed by atoms with Gasteiger partial charge in [0.05, 0.1) is 12.6 Å². The molecule has 1 aliphatic rings. The van der Waals surface area contributed by atoms with E-state index in [1.54, 1.807) is 0 Å². The maximum absolute atomic E-state index is 11.7. The summed E-state index contributed by atoms with van der Waals surface area (Å²) < 4.78 is 5.39. The maximum Gasteiger partial charge on any atom is 0.238 e. The van der Waals surface area contributed by atoms with Gasteiger partial charge in [-0.25, -0.2) is 0 Å². The van der Waals surface area contributed by atoms with Crippen molar-refractivity contribution in [3.63, 3.8) is 0 Å². The van der Waals surface area contributed by atoms with Gasteiger partial charge >= 0.3 is 0 Å². The first-order valence-corrected chi connectivity index (χ1v) is 7.02. The Hall–Kier alpha value is -0.260. The Labute approximate surface area is 102 Å². The zero-order valence-corrected chi connectivity index (χ0v) is 10.9. The highest BCUT2D eigenvalue weighted by Crippen LogP contribution is 2.07. The van der Waals surface area contributed by atoms with Gasteiger partial charge in [-0.3, -0.25) is 4.79 Å². The molecule has 1 aliphatic heterocycles. The summed E-state index contributed by atoms with van der Waals surface area (Å²) in [6, 6.07) is -0.0242. The van der Waals surface area contributed by atoms with E-state index in [1.807, 2.05) is 11.8 Å². The Morgan fingerprint density at radius 3 is 3.06 bits per heavy atom. The van der Waals surface area contributed by atoms with Gasteiger partial charge in [0, 0.05) is 31.2 Å². The van der Waals surface area contributed by atoms with Crippen LogP contribution in [0.5, 0.6) is 0 Å². The molecular formula is C11H22N2O2S. The van der Waals surface area contributed by atoms with Gasteiger partial charge in [-0.05, 0) is 5.92 Å². The molecule has 1 unspecified atom stereocenters. The third-order valence-electron chi connectivity index (χ3n) is 2.23. The first kappa shape index (κ1) is 13.8. The number of carbonyl (C=O) groups is 1. The van der Waals surface area contributed by atoms with Crippen molar-refractivity contribution >= 4 is 17.7 Å². The number of carbonyl (C=O) groups excluding carboxylic acids is 1. The second kappa shape index (κ2) is 7.92. The van der Waals surface area contributed by atoms with Crippen molar-refractivity contribution in [3.05, 3.63) is 0 Å². The molecule has 1 atom stereocenters. The van der Waals surface area contributed by atoms with Crippen LogP contribution in [0.15, 0.2) is 0 Å². The van der Waals surface area contributed by atoms with Crippen LogP contribution in [0, 0.1) is 5.92 Å². The molecule has 0 aromatic carbocycles. The second-order valence-electron chi connectivity index (χ2n) is 4.34. The van der Waals surface area contributed by atoms with Gasteiger partial charge < -0.3 is 15.4 Å². The molecule has 0 aliphatic carbocycles. The molecule has 94 valence electrons. The molecule has 1 rings (SSSR count). The predicted octanol–water partition coefficient (Wildman–Crippen LogP) is 0.480. The lowest BCUT2D eigenvalue weighted by Crippen LogP contribution is -2.49. The number of amides is 1. The zero-order valence-electron chi connectivity index (χ0n) is 10.1. The zero-order chi connectivity index (χ0) is 11.8. The van der Waals surface area contributed by atoms with Crippen molar-refractivity contribution in [1.29, 1.82) is 0 Å². The molecule has 0 saturated carbocycles. The van der Waals surface area contributed by atoms with E-state index in [-0.39, 0.29) is 11.9 Å². The Bertz CT molecular complexity index is 206. The van der Waals surface area contributed by atoms with E-state index < -0.39 is 0 Å². The summed E-state index contributed by atoms with van der Waals surface area (Å²) in [7, 11) is 0. The number of rotatable bonds is 6. The van der Waals surface area contributed by atoms with Gasteiger partial charge in [-0.15, -0.1) is 0 Å². The lowest BCUT2D eigenvalue weighted by molar-refractivity contribution is -0.122. The first-order chi connectivity index (χ1) is 7.70. The van der Waals surface area contributed by atoms with Gasteiger partial charge in [-0.2, -0.15) is 11.8 Å². The standard InChI is InChI=1S/C11H22N2O2S/c1-9(2)7-15-5-3-13-11(14)10-8-16-6-4-12-10/h9-10,12H,3-8H2,1-2H3,(H,13,14). The number of thioether (sulfide) groups is 1. The molecule has 0 radical (unpaired) electrons. The van der Waals surface area contributed by atoms with Crippen LogP contribution in [0.4, 0.5) is 0 Å². The van der Waals surface area contributed by atoms with Crippen molar-refractivity contribution in [2.45, 2.75) is 19.9 Å². The van der Waals surface area contributed by atoms with Gasteiger partial charge in [-0.1, -0.05) is 13.8 Å². The van der Waals surface area contributed by atoms with Crippen LogP contribution in [-0.4, -0.2) is 49.8 Å². The Kier molecular flexibility index (Phi) is 6.84. The van der Waals surface area contributed by atoms with Crippen LogP contribution >= 0.6 is 11.8 Å². The fraction of sp³-hybridized carbons (Fsp3) is 0.909. The average molecular weight is 246 g/mol. The molecule has 4 nitrogen and oxygen atoms in total. The highest BCUT2D eigenvalue weighted by Gasteiger charge is 2.19. The van der Waals surface area contributed by atoms with Crippen LogP contribution in [-0.2, 0) is 9.53 Å². The number of ether oxygens (including phenoxy) is 1. The third-order valence-corrected chi connectivity index (χ3v) is 3.30. The Morgan fingerprint density at radius 1 is 1.62 bits per heavy atom. The molecule has 1 saturated heterocycles. The van der Waals surface area contributed by atoms with Crippen molar-refractivity contribution in [2.24, 2.45) is 5.92 Å². The largest absolute Gasteiger partial charge is 0.379 e. The minimum atomic E-state index is -0.0242. The molecule has 1 heterocycles. The molecule has 1 fully saturated rings. The summed E-state index contributed by atoms with van der Waals surface area (Å²) in [4.78, 5) is 11.7. The lowest BCUT2D eigenvalue weighted by atomic mass is 10.2. The van der Waals surface area contributed by atoms with Crippen LogP contribution in [0.25, 0.3) is 0 Å². The van der Waals surface area contributed by atoms with E-state index in [1.165, 1.54) is 0 Å². The third kappa shape index (κ3) is 5.72. The van der Waals surface area contributed by atoms with E-state index in [9.17, 15) is 4.79 Å². The van der Waals surface area contributed by atoms with Gasteiger partial charge in [0.2, 0.25) is 5.91 Å². The lowest BCUT2D eigenvalue weighted by Gasteiger charge is -2.22. The topological polar surface area (TPSA) is 50.4 Å². The monoisotopic (exact) mass is 246 g/mol. The van der Waals surface area contributed by atoms with Crippen molar-refractivity contribution in [3.8, 4) is 0 Å². The molecule has 2 N–H and O–H groups in total. The van der Waals surface area contributed by atoms with Crippen molar-refractivity contribution in [2.75, 3.05) is 37.8 Å². The van der Waals surface area contributed by atoms with Gasteiger partial charge in [0.25, 0.3) is 0 Å². The molecule has 0 aromatic rings. The minimum Gasteiger partial charge on any atom is -0.379 e. The fourth-order valence-corrected chi connectivity index (χ4v) is 2.36. The second-order valence-corrected chi connectivity index (χ2v) is 5.49. The predicted molar refractivity (Wildman–Crippen MR) is 67.8 cm³/mol. The van der Waals surface area contributed by atoms with Gasteiger partial charge in [0.15, 0.2) is 0 Å². The van der Waals surface area contributed by atoms with Crippen molar-refractivity contribution in [1.82, 2.24) is 10.6 Å². The van der Waals surface area contributed by atoms with Crippen LogP contribution < -0.4 is 10.6 Å². The molecule has 1 amide bonds. The smallest absolute Gasteiger partial charge is 0.238 e. The van der Waals surface area contributed by atoms with Crippen LogP contribution in [0.3, 0.4) is 0 Å². The van der Waals surface area contributed by atoms with Crippen molar-refractivity contribution < 1.29 is 9.53 Å². The molecule has 0 bridgehead atoms. The molecule has 0 aromatic heterocycles. The van der Waals surface area contributed by atoms with E-state index >= 15 is 0 Å². The highest BCUT2D eigenvalue weighted by molar-refractivity contribution is 7.99. The summed E-state index contributed by atoms with van der Waals surface area (Å²) in [5.41, 5.74) is 0. The normalized spacial score (nSPS) is 21.1.